The molecule has 0 aliphatic carbocycles. The molecule has 0 aromatic heterocycles. The number of hydrogen-bond acceptors (Lipinski definition) is 3. The summed E-state index contributed by atoms with van der Waals surface area (Å²) < 4.78 is 37.5. The zero-order valence-corrected chi connectivity index (χ0v) is 11.8. The van der Waals surface area contributed by atoms with E-state index in [1.54, 1.807) is 0 Å². The van der Waals surface area contributed by atoms with Crippen molar-refractivity contribution in [1.29, 1.82) is 0 Å². The fourth-order valence-electron chi connectivity index (χ4n) is 1.53. The van der Waals surface area contributed by atoms with Crippen LogP contribution in [-0.2, 0) is 22.2 Å². The van der Waals surface area contributed by atoms with Crippen molar-refractivity contribution in [2.75, 3.05) is 18.1 Å². The number of aliphatic carboxylic acids is 1. The highest BCUT2D eigenvalue weighted by molar-refractivity contribution is 7.99. The van der Waals surface area contributed by atoms with Crippen LogP contribution in [0.25, 0.3) is 0 Å². The molecule has 0 unspecified atom stereocenters. The highest BCUT2D eigenvalue weighted by atomic mass is 32.2. The maximum absolute atomic E-state index is 12.5. The van der Waals surface area contributed by atoms with E-state index in [-0.39, 0.29) is 24.3 Å². The fraction of sp³-hybridized carbons (Fsp3) is 0.385. The first-order chi connectivity index (χ1) is 9.79. The molecule has 0 heterocycles. The molecule has 0 aliphatic heterocycles. The van der Waals surface area contributed by atoms with E-state index in [0.717, 1.165) is 23.9 Å². The Bertz CT molecular complexity index is 506. The van der Waals surface area contributed by atoms with Crippen molar-refractivity contribution in [1.82, 2.24) is 5.32 Å². The van der Waals surface area contributed by atoms with Crippen LogP contribution in [0.4, 0.5) is 13.2 Å². The Kier molecular flexibility index (Phi) is 6.54. The van der Waals surface area contributed by atoms with Crippen LogP contribution in [0.3, 0.4) is 0 Å². The number of carbonyl (C=O) groups excluding carboxylic acids is 1. The van der Waals surface area contributed by atoms with Crippen molar-refractivity contribution in [2.24, 2.45) is 0 Å². The zero-order chi connectivity index (χ0) is 15.9. The lowest BCUT2D eigenvalue weighted by atomic mass is 10.1. The van der Waals surface area contributed by atoms with Gasteiger partial charge in [-0.1, -0.05) is 18.2 Å². The Labute approximate surface area is 123 Å². The molecule has 1 aromatic rings. The molecule has 1 rings (SSSR count). The number of halogens is 3. The number of amides is 1. The number of carboxylic acid groups (broad SMARTS) is 1. The second-order valence-electron chi connectivity index (χ2n) is 4.17. The molecule has 1 aromatic carbocycles. The van der Waals surface area contributed by atoms with E-state index in [2.05, 4.69) is 5.32 Å². The van der Waals surface area contributed by atoms with Gasteiger partial charge in [0, 0.05) is 12.3 Å². The Morgan fingerprint density at radius 3 is 2.62 bits per heavy atom. The topological polar surface area (TPSA) is 66.4 Å². The normalized spacial score (nSPS) is 11.2. The number of carbonyl (C=O) groups is 2. The van der Waals surface area contributed by atoms with Crippen molar-refractivity contribution >= 4 is 23.6 Å². The first kappa shape index (κ1) is 17.4. The number of hydrogen-bond donors (Lipinski definition) is 2. The van der Waals surface area contributed by atoms with Crippen LogP contribution in [0.15, 0.2) is 24.3 Å². The second kappa shape index (κ2) is 7.92. The molecule has 0 spiro atoms. The van der Waals surface area contributed by atoms with Gasteiger partial charge >= 0.3 is 12.1 Å². The van der Waals surface area contributed by atoms with Crippen molar-refractivity contribution < 1.29 is 27.9 Å². The van der Waals surface area contributed by atoms with E-state index < -0.39 is 23.6 Å². The Balaban J connectivity index is 2.39. The number of benzene rings is 1. The lowest BCUT2D eigenvalue weighted by Crippen LogP contribution is -2.27. The van der Waals surface area contributed by atoms with E-state index in [9.17, 15) is 22.8 Å². The zero-order valence-electron chi connectivity index (χ0n) is 10.9. The largest absolute Gasteiger partial charge is 0.481 e. The molecule has 0 fully saturated rings. The first-order valence-corrected chi connectivity index (χ1v) is 7.17. The minimum absolute atomic E-state index is 0.0521. The van der Waals surface area contributed by atoms with Gasteiger partial charge < -0.3 is 10.4 Å². The van der Waals surface area contributed by atoms with E-state index in [1.807, 2.05) is 0 Å². The lowest BCUT2D eigenvalue weighted by molar-refractivity contribution is -0.138. The van der Waals surface area contributed by atoms with E-state index in [0.29, 0.717) is 5.75 Å². The van der Waals surface area contributed by atoms with Crippen molar-refractivity contribution in [3.8, 4) is 0 Å². The van der Waals surface area contributed by atoms with E-state index in [1.165, 1.54) is 12.1 Å². The summed E-state index contributed by atoms with van der Waals surface area (Å²) in [5.41, 5.74) is -0.509. The van der Waals surface area contributed by atoms with Crippen molar-refractivity contribution in [2.45, 2.75) is 12.6 Å². The Morgan fingerprint density at radius 2 is 2.00 bits per heavy atom. The SMILES string of the molecule is O=C(O)CSCCNC(=O)Cc1cccc(C(F)(F)F)c1. The molecule has 4 nitrogen and oxygen atoms in total. The molecule has 0 radical (unpaired) electrons. The van der Waals surface area contributed by atoms with Gasteiger partial charge in [-0.2, -0.15) is 13.2 Å². The summed E-state index contributed by atoms with van der Waals surface area (Å²) in [7, 11) is 0. The van der Waals surface area contributed by atoms with Gasteiger partial charge in [-0.25, -0.2) is 0 Å². The molecule has 0 saturated heterocycles. The molecular weight excluding hydrogens is 307 g/mol. The summed E-state index contributed by atoms with van der Waals surface area (Å²) >= 11 is 1.15. The molecule has 0 aliphatic rings. The number of carboxylic acids is 1. The predicted octanol–water partition coefficient (Wildman–Crippen LogP) is 2.18. The van der Waals surface area contributed by atoms with Gasteiger partial charge in [0.15, 0.2) is 0 Å². The van der Waals surface area contributed by atoms with Gasteiger partial charge in [0.05, 0.1) is 17.7 Å². The minimum Gasteiger partial charge on any atom is -0.481 e. The quantitative estimate of drug-likeness (QED) is 0.756. The molecule has 116 valence electrons. The summed E-state index contributed by atoms with van der Waals surface area (Å²) in [5, 5.41) is 10.9. The number of thioether (sulfide) groups is 1. The van der Waals surface area contributed by atoms with Gasteiger partial charge in [-0.15, -0.1) is 11.8 Å². The smallest absolute Gasteiger partial charge is 0.416 e. The maximum Gasteiger partial charge on any atom is 0.416 e. The standard InChI is InChI=1S/C13H14F3NO3S/c14-13(15,16)10-3-1-2-9(6-10)7-11(18)17-4-5-21-8-12(19)20/h1-3,6H,4-5,7-8H2,(H,17,18)(H,19,20). The van der Waals surface area contributed by atoms with Gasteiger partial charge in [-0.3, -0.25) is 9.59 Å². The van der Waals surface area contributed by atoms with Gasteiger partial charge in [0.1, 0.15) is 0 Å². The Morgan fingerprint density at radius 1 is 1.29 bits per heavy atom. The molecular formula is C13H14F3NO3S. The highest BCUT2D eigenvalue weighted by Crippen LogP contribution is 2.29. The average Bonchev–Trinajstić information content (AvgIpc) is 2.37. The summed E-state index contributed by atoms with van der Waals surface area (Å²) in [4.78, 5) is 21.8. The van der Waals surface area contributed by atoms with Gasteiger partial charge in [-0.05, 0) is 11.6 Å². The number of nitrogens with one attached hydrogen (secondary N) is 1. The van der Waals surface area contributed by atoms with Crippen molar-refractivity contribution in [3.05, 3.63) is 35.4 Å². The Hall–Kier alpha value is -1.70. The van der Waals surface area contributed by atoms with Crippen LogP contribution in [0.5, 0.6) is 0 Å². The fourth-order valence-corrected chi connectivity index (χ4v) is 2.09. The van der Waals surface area contributed by atoms with Crippen LogP contribution in [-0.4, -0.2) is 35.0 Å². The third-order valence-corrected chi connectivity index (χ3v) is 3.36. The lowest BCUT2D eigenvalue weighted by Gasteiger charge is -2.09. The molecule has 8 heteroatoms. The van der Waals surface area contributed by atoms with Gasteiger partial charge in [0.2, 0.25) is 5.91 Å². The predicted molar refractivity (Wildman–Crippen MR) is 73.1 cm³/mol. The summed E-state index contributed by atoms with van der Waals surface area (Å²) in [6.45, 7) is 0.274. The van der Waals surface area contributed by atoms with Gasteiger partial charge in [0.25, 0.3) is 0 Å². The highest BCUT2D eigenvalue weighted by Gasteiger charge is 2.30. The van der Waals surface area contributed by atoms with Crippen molar-refractivity contribution in [3.63, 3.8) is 0 Å². The van der Waals surface area contributed by atoms with E-state index >= 15 is 0 Å². The van der Waals surface area contributed by atoms with E-state index in [4.69, 9.17) is 5.11 Å². The monoisotopic (exact) mass is 321 g/mol. The minimum atomic E-state index is -4.43. The molecule has 0 atom stereocenters. The molecule has 21 heavy (non-hydrogen) atoms. The van der Waals surface area contributed by atoms with Crippen LogP contribution in [0.2, 0.25) is 0 Å². The molecule has 2 N–H and O–H groups in total. The maximum atomic E-state index is 12.5. The molecule has 0 bridgehead atoms. The number of alkyl halides is 3. The third kappa shape index (κ3) is 7.03. The summed E-state index contributed by atoms with van der Waals surface area (Å²) in [5.74, 6) is -0.954. The number of rotatable bonds is 7. The van der Waals surface area contributed by atoms with Crippen LogP contribution >= 0.6 is 11.8 Å². The molecule has 1 amide bonds. The first-order valence-electron chi connectivity index (χ1n) is 6.01. The summed E-state index contributed by atoms with van der Waals surface area (Å²) in [6, 6.07) is 4.60. The van der Waals surface area contributed by atoms with Crippen LogP contribution in [0.1, 0.15) is 11.1 Å². The third-order valence-electron chi connectivity index (χ3n) is 2.41. The second-order valence-corrected chi connectivity index (χ2v) is 5.28. The average molecular weight is 321 g/mol. The van der Waals surface area contributed by atoms with Crippen LogP contribution in [0, 0.1) is 0 Å². The van der Waals surface area contributed by atoms with Crippen LogP contribution < -0.4 is 5.32 Å². The summed E-state index contributed by atoms with van der Waals surface area (Å²) in [6.07, 6.45) is -4.58. The molecule has 0 saturated carbocycles.